The number of carbonyl (C=O) groups is 1. The van der Waals surface area contributed by atoms with Crippen LogP contribution in [0.3, 0.4) is 0 Å². The number of fused-ring (bicyclic) bond motifs is 1. The Bertz CT molecular complexity index is 1170. The summed E-state index contributed by atoms with van der Waals surface area (Å²) >= 11 is 0. The van der Waals surface area contributed by atoms with E-state index in [9.17, 15) is 9.90 Å². The van der Waals surface area contributed by atoms with E-state index in [0.29, 0.717) is 5.92 Å². The molecule has 5 rings (SSSR count). The van der Waals surface area contributed by atoms with Crippen LogP contribution in [0.4, 0.5) is 5.82 Å². The van der Waals surface area contributed by atoms with Crippen molar-refractivity contribution >= 4 is 11.8 Å². The molecule has 4 heterocycles. The number of carboxylic acids is 1. The molecular weight excluding hydrogens is 438 g/mol. The molecule has 2 atom stereocenters. The number of hydrogen-bond acceptors (Lipinski definition) is 5. The molecule has 0 unspecified atom stereocenters. The molecule has 184 valence electrons. The lowest BCUT2D eigenvalue weighted by Crippen LogP contribution is -2.28. The summed E-state index contributed by atoms with van der Waals surface area (Å²) in [5.74, 6) is 0.907. The van der Waals surface area contributed by atoms with Gasteiger partial charge in [0.05, 0.1) is 18.3 Å². The van der Waals surface area contributed by atoms with E-state index in [1.54, 1.807) is 0 Å². The number of nitrogens with zero attached hydrogens (tertiary/aromatic N) is 4. The van der Waals surface area contributed by atoms with Crippen molar-refractivity contribution in [3.05, 3.63) is 71.2 Å². The highest BCUT2D eigenvalue weighted by molar-refractivity contribution is 5.68. The van der Waals surface area contributed by atoms with Gasteiger partial charge in [-0.25, -0.2) is 9.67 Å². The first-order valence-corrected chi connectivity index (χ1v) is 12.8. The highest BCUT2D eigenvalue weighted by atomic mass is 16.4. The molecule has 7 heteroatoms. The molecule has 0 radical (unpaired) electrons. The smallest absolute Gasteiger partial charge is 0.304 e. The first-order valence-electron chi connectivity index (χ1n) is 12.8. The van der Waals surface area contributed by atoms with Crippen LogP contribution >= 0.6 is 0 Å². The average molecular weight is 474 g/mol. The van der Waals surface area contributed by atoms with Gasteiger partial charge in [-0.15, -0.1) is 0 Å². The predicted molar refractivity (Wildman–Crippen MR) is 137 cm³/mol. The first kappa shape index (κ1) is 23.5. The number of anilines is 1. The number of rotatable bonds is 9. The van der Waals surface area contributed by atoms with Crippen molar-refractivity contribution in [3.63, 3.8) is 0 Å². The van der Waals surface area contributed by atoms with E-state index in [1.165, 1.54) is 17.7 Å². The molecule has 2 aliphatic heterocycles. The summed E-state index contributed by atoms with van der Waals surface area (Å²) in [5, 5.41) is 17.5. The Labute approximate surface area is 207 Å². The number of aromatic nitrogens is 3. The Morgan fingerprint density at radius 3 is 3.03 bits per heavy atom. The quantitative estimate of drug-likeness (QED) is 0.478. The minimum Gasteiger partial charge on any atom is -0.481 e. The normalized spacial score (nSPS) is 18.7. The summed E-state index contributed by atoms with van der Waals surface area (Å²) < 4.78 is 1.85. The minimum absolute atomic E-state index is 0.0451. The zero-order valence-electron chi connectivity index (χ0n) is 20.5. The van der Waals surface area contributed by atoms with E-state index in [2.05, 4.69) is 39.6 Å². The minimum atomic E-state index is -0.752. The second kappa shape index (κ2) is 10.6. The summed E-state index contributed by atoms with van der Waals surface area (Å²) in [4.78, 5) is 19.0. The second-order valence-corrected chi connectivity index (χ2v) is 10.1. The maximum absolute atomic E-state index is 11.7. The van der Waals surface area contributed by atoms with Gasteiger partial charge in [-0.2, -0.15) is 5.10 Å². The Morgan fingerprint density at radius 2 is 2.20 bits per heavy atom. The number of pyridine rings is 1. The van der Waals surface area contributed by atoms with Gasteiger partial charge >= 0.3 is 5.97 Å². The standard InChI is InChI=1S/C28H35N5O2/c1-20-16-30-33(17-20)26-6-2-4-23(14-26)24(15-27(34)35)19-32-13-11-21(18-32)7-9-25-10-8-22-5-3-12-29-28(22)31-25/h2,4,6,8,10,14,16-17,21,24H,3,5,7,9,11-13,15,18-19H2,1H3,(H,29,31)(H,34,35)/t21-,24-/m1/s1. The van der Waals surface area contributed by atoms with Crippen molar-refractivity contribution in [3.8, 4) is 5.69 Å². The third-order valence-electron chi connectivity index (χ3n) is 7.35. The average Bonchev–Trinajstić information content (AvgIpc) is 3.51. The van der Waals surface area contributed by atoms with E-state index >= 15 is 0 Å². The topological polar surface area (TPSA) is 83.3 Å². The maximum Gasteiger partial charge on any atom is 0.304 e. The van der Waals surface area contributed by atoms with Gasteiger partial charge in [0, 0.05) is 37.4 Å². The number of likely N-dealkylation sites (tertiary alicyclic amines) is 1. The molecule has 0 bridgehead atoms. The van der Waals surface area contributed by atoms with E-state index in [1.807, 2.05) is 36.1 Å². The molecular formula is C28H35N5O2. The summed E-state index contributed by atoms with van der Waals surface area (Å²) in [6.07, 6.45) is 9.55. The molecule has 0 amide bonds. The molecule has 2 aliphatic rings. The molecule has 3 aromatic rings. The molecule has 1 aromatic carbocycles. The largest absolute Gasteiger partial charge is 0.481 e. The summed E-state index contributed by atoms with van der Waals surface area (Å²) in [7, 11) is 0. The van der Waals surface area contributed by atoms with Crippen LogP contribution in [0, 0.1) is 12.8 Å². The van der Waals surface area contributed by atoms with Crippen LogP contribution in [0.1, 0.15) is 54.0 Å². The Morgan fingerprint density at radius 1 is 1.29 bits per heavy atom. The van der Waals surface area contributed by atoms with Gasteiger partial charge in [0.1, 0.15) is 5.82 Å². The zero-order valence-corrected chi connectivity index (χ0v) is 20.5. The number of aliphatic carboxylic acids is 1. The van der Waals surface area contributed by atoms with Crippen molar-refractivity contribution in [1.29, 1.82) is 0 Å². The van der Waals surface area contributed by atoms with E-state index in [-0.39, 0.29) is 12.3 Å². The summed E-state index contributed by atoms with van der Waals surface area (Å²) in [6.45, 7) is 5.85. The van der Waals surface area contributed by atoms with E-state index < -0.39 is 5.97 Å². The first-order chi connectivity index (χ1) is 17.0. The van der Waals surface area contributed by atoms with Gasteiger partial charge < -0.3 is 15.3 Å². The van der Waals surface area contributed by atoms with Crippen LogP contribution < -0.4 is 5.32 Å². The fraction of sp³-hybridized carbons (Fsp3) is 0.464. The van der Waals surface area contributed by atoms with Crippen LogP contribution in [0.5, 0.6) is 0 Å². The van der Waals surface area contributed by atoms with Crippen LogP contribution in [0.25, 0.3) is 5.69 Å². The molecule has 7 nitrogen and oxygen atoms in total. The van der Waals surface area contributed by atoms with Crippen LogP contribution in [-0.4, -0.2) is 56.9 Å². The molecule has 0 spiro atoms. The third kappa shape index (κ3) is 5.90. The molecule has 35 heavy (non-hydrogen) atoms. The monoisotopic (exact) mass is 473 g/mol. The SMILES string of the molecule is Cc1cnn(-c2cccc([C@H](CC(=O)O)CN3CC[C@@H](CCc4ccc5c(n4)NCCC5)C3)c2)c1. The Kier molecular flexibility index (Phi) is 7.13. The van der Waals surface area contributed by atoms with Gasteiger partial charge in [-0.3, -0.25) is 4.79 Å². The van der Waals surface area contributed by atoms with Gasteiger partial charge in [-0.1, -0.05) is 18.2 Å². The van der Waals surface area contributed by atoms with Crippen molar-refractivity contribution in [2.45, 2.75) is 51.4 Å². The number of hydrogen-bond donors (Lipinski definition) is 2. The predicted octanol–water partition coefficient (Wildman–Crippen LogP) is 4.45. The zero-order chi connectivity index (χ0) is 24.2. The van der Waals surface area contributed by atoms with Gasteiger partial charge in [0.2, 0.25) is 0 Å². The molecule has 2 aromatic heterocycles. The molecule has 0 saturated carbocycles. The lowest BCUT2D eigenvalue weighted by atomic mass is 9.94. The lowest BCUT2D eigenvalue weighted by Gasteiger charge is -2.24. The van der Waals surface area contributed by atoms with Crippen molar-refractivity contribution in [2.24, 2.45) is 5.92 Å². The van der Waals surface area contributed by atoms with Crippen LogP contribution in [0.15, 0.2) is 48.8 Å². The number of aryl methyl sites for hydroxylation is 3. The van der Waals surface area contributed by atoms with Gasteiger partial charge in [-0.05, 0) is 86.4 Å². The summed E-state index contributed by atoms with van der Waals surface area (Å²) in [6, 6.07) is 12.6. The fourth-order valence-corrected chi connectivity index (χ4v) is 5.46. The van der Waals surface area contributed by atoms with Crippen LogP contribution in [-0.2, 0) is 17.6 Å². The third-order valence-corrected chi connectivity index (χ3v) is 7.35. The Balaban J connectivity index is 1.20. The van der Waals surface area contributed by atoms with Gasteiger partial charge in [0.15, 0.2) is 0 Å². The molecule has 0 aliphatic carbocycles. The highest BCUT2D eigenvalue weighted by Gasteiger charge is 2.27. The van der Waals surface area contributed by atoms with Gasteiger partial charge in [0.25, 0.3) is 0 Å². The highest BCUT2D eigenvalue weighted by Crippen LogP contribution is 2.28. The molecule has 1 saturated heterocycles. The molecule has 1 fully saturated rings. The lowest BCUT2D eigenvalue weighted by molar-refractivity contribution is -0.137. The van der Waals surface area contributed by atoms with Crippen molar-refractivity contribution < 1.29 is 9.90 Å². The van der Waals surface area contributed by atoms with E-state index in [4.69, 9.17) is 4.98 Å². The second-order valence-electron chi connectivity index (χ2n) is 10.1. The van der Waals surface area contributed by atoms with E-state index in [0.717, 1.165) is 74.5 Å². The summed E-state index contributed by atoms with van der Waals surface area (Å²) in [5.41, 5.74) is 5.64. The van der Waals surface area contributed by atoms with Crippen LogP contribution in [0.2, 0.25) is 0 Å². The fourth-order valence-electron chi connectivity index (χ4n) is 5.46. The number of benzene rings is 1. The number of carboxylic acid groups (broad SMARTS) is 1. The number of nitrogens with one attached hydrogen (secondary N) is 1. The molecule has 2 N–H and O–H groups in total. The maximum atomic E-state index is 11.7. The Hall–Kier alpha value is -3.19. The van der Waals surface area contributed by atoms with Crippen molar-refractivity contribution in [2.75, 3.05) is 31.5 Å². The van der Waals surface area contributed by atoms with Crippen molar-refractivity contribution in [1.82, 2.24) is 19.7 Å².